The van der Waals surface area contributed by atoms with Crippen LogP contribution in [0.1, 0.15) is 6.42 Å². The number of hydrogen-bond donors (Lipinski definition) is 1. The van der Waals surface area contributed by atoms with Crippen molar-refractivity contribution in [3.8, 4) is 0 Å². The van der Waals surface area contributed by atoms with Crippen LogP contribution in [0.4, 0.5) is 0 Å². The Morgan fingerprint density at radius 3 is 2.65 bits per heavy atom. The Balaban J connectivity index is 2.60. The lowest BCUT2D eigenvalue weighted by Gasteiger charge is -2.13. The summed E-state index contributed by atoms with van der Waals surface area (Å²) in [7, 11) is 0. The molecule has 17 heavy (non-hydrogen) atoms. The first-order valence-electron chi connectivity index (χ1n) is 4.81. The van der Waals surface area contributed by atoms with Gasteiger partial charge in [-0.3, -0.25) is 9.59 Å². The molecule has 0 aliphatic carbocycles. The summed E-state index contributed by atoms with van der Waals surface area (Å²) in [4.78, 5) is 21.6. The predicted molar refractivity (Wildman–Crippen MR) is 65.4 cm³/mol. The molecule has 0 bridgehead atoms. The lowest BCUT2D eigenvalue weighted by molar-refractivity contribution is -0.138. The Bertz CT molecular complexity index is 380. The molecule has 1 atom stereocenters. The third kappa shape index (κ3) is 5.60. The first-order valence-corrected chi connectivity index (χ1v) is 6.07. The standard InChI is InChI=1S/C11H11ClO4S/c12-8-1-3-9(4-2-8)17-10(5-11(14)15)6-16-7-13/h1-4,7,10H,5-6H2,(H,14,15). The van der Waals surface area contributed by atoms with Gasteiger partial charge >= 0.3 is 5.97 Å². The maximum atomic E-state index is 10.6. The number of benzene rings is 1. The molecule has 0 fully saturated rings. The van der Waals surface area contributed by atoms with E-state index in [9.17, 15) is 9.59 Å². The fourth-order valence-corrected chi connectivity index (χ4v) is 2.36. The summed E-state index contributed by atoms with van der Waals surface area (Å²) in [6.45, 7) is 0.389. The van der Waals surface area contributed by atoms with Crippen LogP contribution >= 0.6 is 23.4 Å². The van der Waals surface area contributed by atoms with E-state index in [0.717, 1.165) is 4.90 Å². The quantitative estimate of drug-likeness (QED) is 0.611. The van der Waals surface area contributed by atoms with E-state index in [2.05, 4.69) is 4.74 Å². The minimum Gasteiger partial charge on any atom is -0.481 e. The number of rotatable bonds is 7. The largest absolute Gasteiger partial charge is 0.481 e. The van der Waals surface area contributed by atoms with Crippen LogP contribution in [0.25, 0.3) is 0 Å². The number of thioether (sulfide) groups is 1. The Kier molecular flexibility index (Phi) is 5.86. The van der Waals surface area contributed by atoms with Gasteiger partial charge in [0.05, 0.1) is 11.7 Å². The fraction of sp³-hybridized carbons (Fsp3) is 0.273. The van der Waals surface area contributed by atoms with Crippen LogP contribution in [0, 0.1) is 0 Å². The summed E-state index contributed by atoms with van der Waals surface area (Å²) in [5.41, 5.74) is 0. The van der Waals surface area contributed by atoms with Crippen molar-refractivity contribution >= 4 is 35.8 Å². The van der Waals surface area contributed by atoms with Crippen LogP contribution < -0.4 is 0 Å². The van der Waals surface area contributed by atoms with Crippen molar-refractivity contribution in [2.24, 2.45) is 0 Å². The van der Waals surface area contributed by atoms with Crippen LogP contribution in [0.3, 0.4) is 0 Å². The molecular weight excluding hydrogens is 264 g/mol. The van der Waals surface area contributed by atoms with E-state index in [4.69, 9.17) is 16.7 Å². The Hall–Kier alpha value is -1.20. The van der Waals surface area contributed by atoms with Gasteiger partial charge in [-0.15, -0.1) is 11.8 Å². The van der Waals surface area contributed by atoms with Gasteiger partial charge in [-0.2, -0.15) is 0 Å². The van der Waals surface area contributed by atoms with Gasteiger partial charge in [-0.05, 0) is 24.3 Å². The van der Waals surface area contributed by atoms with Crippen LogP contribution in [0.2, 0.25) is 5.02 Å². The highest BCUT2D eigenvalue weighted by Gasteiger charge is 2.15. The number of carboxylic acid groups (broad SMARTS) is 1. The fourth-order valence-electron chi connectivity index (χ4n) is 1.18. The number of carboxylic acids is 1. The molecule has 1 aromatic rings. The van der Waals surface area contributed by atoms with Gasteiger partial charge in [0.15, 0.2) is 0 Å². The van der Waals surface area contributed by atoms with Crippen molar-refractivity contribution in [3.63, 3.8) is 0 Å². The molecule has 0 aliphatic rings. The second-order valence-corrected chi connectivity index (χ2v) is 5.03. The molecule has 0 saturated carbocycles. The van der Waals surface area contributed by atoms with E-state index in [1.165, 1.54) is 11.8 Å². The van der Waals surface area contributed by atoms with E-state index in [1.54, 1.807) is 24.3 Å². The molecule has 0 spiro atoms. The average molecular weight is 275 g/mol. The summed E-state index contributed by atoms with van der Waals surface area (Å²) in [5.74, 6) is -0.925. The highest BCUT2D eigenvalue weighted by Crippen LogP contribution is 2.26. The highest BCUT2D eigenvalue weighted by atomic mass is 35.5. The number of halogens is 1. The summed E-state index contributed by atoms with van der Waals surface area (Å²) in [6.07, 6.45) is -0.0683. The maximum absolute atomic E-state index is 10.6. The van der Waals surface area contributed by atoms with Crippen molar-refractivity contribution in [1.29, 1.82) is 0 Å². The van der Waals surface area contributed by atoms with Gasteiger partial charge in [0.2, 0.25) is 0 Å². The van der Waals surface area contributed by atoms with Crippen molar-refractivity contribution in [2.75, 3.05) is 6.61 Å². The van der Waals surface area contributed by atoms with Gasteiger partial charge < -0.3 is 9.84 Å². The zero-order valence-corrected chi connectivity index (χ0v) is 10.4. The van der Waals surface area contributed by atoms with Crippen LogP contribution in [-0.2, 0) is 14.3 Å². The van der Waals surface area contributed by atoms with Crippen LogP contribution in [-0.4, -0.2) is 29.4 Å². The predicted octanol–water partition coefficient (Wildman–Crippen LogP) is 2.45. The summed E-state index contributed by atoms with van der Waals surface area (Å²) in [6, 6.07) is 7.04. The summed E-state index contributed by atoms with van der Waals surface area (Å²) < 4.78 is 4.60. The van der Waals surface area contributed by atoms with E-state index in [-0.39, 0.29) is 18.3 Å². The van der Waals surface area contributed by atoms with Crippen LogP contribution in [0.15, 0.2) is 29.2 Å². The zero-order valence-electron chi connectivity index (χ0n) is 8.84. The van der Waals surface area contributed by atoms with Crippen molar-refractivity contribution < 1.29 is 19.4 Å². The Morgan fingerprint density at radius 2 is 2.12 bits per heavy atom. The van der Waals surface area contributed by atoms with Gasteiger partial charge in [-0.25, -0.2) is 0 Å². The molecule has 4 nitrogen and oxygen atoms in total. The number of carbonyl (C=O) groups is 2. The number of carbonyl (C=O) groups excluding carboxylic acids is 1. The monoisotopic (exact) mass is 274 g/mol. The molecule has 1 rings (SSSR count). The van der Waals surface area contributed by atoms with E-state index in [1.807, 2.05) is 0 Å². The van der Waals surface area contributed by atoms with E-state index < -0.39 is 5.97 Å². The molecular formula is C11H11ClO4S. The van der Waals surface area contributed by atoms with Gasteiger partial charge in [-0.1, -0.05) is 11.6 Å². The van der Waals surface area contributed by atoms with Crippen LogP contribution in [0.5, 0.6) is 0 Å². The van der Waals surface area contributed by atoms with Gasteiger partial charge in [0.1, 0.15) is 6.61 Å². The van der Waals surface area contributed by atoms with Crippen molar-refractivity contribution in [1.82, 2.24) is 0 Å². The molecule has 0 aromatic heterocycles. The molecule has 92 valence electrons. The molecule has 0 amide bonds. The van der Waals surface area contributed by atoms with E-state index >= 15 is 0 Å². The molecule has 0 saturated heterocycles. The molecule has 0 radical (unpaired) electrons. The minimum absolute atomic E-state index is 0.0683. The number of hydrogen-bond acceptors (Lipinski definition) is 4. The SMILES string of the molecule is O=COCC(CC(=O)O)Sc1ccc(Cl)cc1. The third-order valence-electron chi connectivity index (χ3n) is 1.87. The second kappa shape index (κ2) is 7.19. The van der Waals surface area contributed by atoms with Gasteiger partial charge in [0.25, 0.3) is 6.47 Å². The summed E-state index contributed by atoms with van der Waals surface area (Å²) >= 11 is 7.08. The zero-order chi connectivity index (χ0) is 12.7. The molecule has 0 aliphatic heterocycles. The smallest absolute Gasteiger partial charge is 0.304 e. The normalized spacial score (nSPS) is 11.8. The molecule has 1 unspecified atom stereocenters. The maximum Gasteiger partial charge on any atom is 0.304 e. The van der Waals surface area contributed by atoms with Crippen molar-refractivity contribution in [3.05, 3.63) is 29.3 Å². The average Bonchev–Trinajstić information content (AvgIpc) is 2.28. The number of aliphatic carboxylic acids is 1. The first-order chi connectivity index (χ1) is 8.11. The van der Waals surface area contributed by atoms with E-state index in [0.29, 0.717) is 11.5 Å². The number of ether oxygens (including phenoxy) is 1. The van der Waals surface area contributed by atoms with Gasteiger partial charge in [0, 0.05) is 9.92 Å². The molecule has 6 heteroatoms. The first kappa shape index (κ1) is 13.9. The lowest BCUT2D eigenvalue weighted by Crippen LogP contribution is -2.16. The second-order valence-electron chi connectivity index (χ2n) is 3.22. The lowest BCUT2D eigenvalue weighted by atomic mass is 10.3. The van der Waals surface area contributed by atoms with Crippen molar-refractivity contribution in [2.45, 2.75) is 16.6 Å². The highest BCUT2D eigenvalue weighted by molar-refractivity contribution is 8.00. The topological polar surface area (TPSA) is 63.6 Å². The minimum atomic E-state index is -0.925. The third-order valence-corrected chi connectivity index (χ3v) is 3.30. The summed E-state index contributed by atoms with van der Waals surface area (Å²) in [5, 5.41) is 9.04. The Labute approximate surface area is 108 Å². The Morgan fingerprint density at radius 1 is 1.47 bits per heavy atom. The molecule has 1 N–H and O–H groups in total. The molecule has 0 heterocycles. The molecule has 1 aromatic carbocycles.